The lowest BCUT2D eigenvalue weighted by atomic mass is 10.1. The fraction of sp³-hybridized carbons (Fsp3) is 0.111. The lowest BCUT2D eigenvalue weighted by molar-refractivity contribution is -0.200. The number of nitrogens with zero attached hydrogens (tertiary/aromatic N) is 4. The summed E-state index contributed by atoms with van der Waals surface area (Å²) in [5.41, 5.74) is 1.40. The Morgan fingerprint density at radius 3 is 2.42 bits per heavy atom. The van der Waals surface area contributed by atoms with E-state index in [2.05, 4.69) is 14.8 Å². The van der Waals surface area contributed by atoms with Gasteiger partial charge in [0.1, 0.15) is 5.75 Å². The number of alkyl halides is 3. The Labute approximate surface area is 213 Å². The van der Waals surface area contributed by atoms with E-state index < -0.39 is 17.7 Å². The molecule has 2 heterocycles. The van der Waals surface area contributed by atoms with Crippen LogP contribution in [0, 0.1) is 6.92 Å². The predicted molar refractivity (Wildman–Crippen MR) is 135 cm³/mol. The van der Waals surface area contributed by atoms with Gasteiger partial charge in [-0.05, 0) is 53.6 Å². The molecule has 0 spiro atoms. The molecule has 5 aromatic rings. The molecule has 38 heavy (non-hydrogen) atoms. The first-order valence-corrected chi connectivity index (χ1v) is 11.3. The van der Waals surface area contributed by atoms with Gasteiger partial charge in [-0.3, -0.25) is 4.79 Å². The molecular weight excluding hydrogens is 501 g/mol. The Kier molecular flexibility index (Phi) is 6.19. The van der Waals surface area contributed by atoms with Crippen LogP contribution < -0.4 is 15.1 Å². The second kappa shape index (κ2) is 9.51. The molecule has 0 bridgehead atoms. The van der Waals surface area contributed by atoms with E-state index in [1.807, 2.05) is 25.3 Å². The first-order chi connectivity index (χ1) is 18.1. The number of carbonyl (C=O) groups is 1. The molecule has 11 heteroatoms. The maximum absolute atomic E-state index is 13.2. The second-order valence-corrected chi connectivity index (χ2v) is 8.35. The molecule has 0 N–H and O–H groups in total. The van der Waals surface area contributed by atoms with Crippen LogP contribution in [-0.4, -0.2) is 38.5 Å². The number of hydrogen-bond acceptors (Lipinski definition) is 6. The van der Waals surface area contributed by atoms with E-state index >= 15 is 0 Å². The highest BCUT2D eigenvalue weighted by atomic mass is 19.4. The number of aryl methyl sites for hydroxylation is 1. The van der Waals surface area contributed by atoms with Gasteiger partial charge < -0.3 is 14.1 Å². The van der Waals surface area contributed by atoms with Crippen LogP contribution in [0.25, 0.3) is 39.5 Å². The van der Waals surface area contributed by atoms with Crippen molar-refractivity contribution in [3.05, 3.63) is 94.6 Å². The summed E-state index contributed by atoms with van der Waals surface area (Å²) in [7, 11) is 1.50. The molecule has 0 radical (unpaired) electrons. The monoisotopic (exact) mass is 520 g/mol. The molecule has 0 saturated heterocycles. The van der Waals surface area contributed by atoms with E-state index in [1.54, 1.807) is 47.3 Å². The van der Waals surface area contributed by atoms with E-state index in [0.29, 0.717) is 16.7 Å². The first kappa shape index (κ1) is 24.8. The standard InChI is InChI=1S/C27H19F3N4O4/c1-16-14-33(15-31-16)22-9-7-17(11-23(22)37-2)8-10-24-32-21-13-19-6-4-3-5-18(19)12-20(21)25(35)34(24)38-26(36)27(28,29)30/h3-15H,1-2H3/b10-8+. The van der Waals surface area contributed by atoms with Crippen LogP contribution in [0.3, 0.4) is 0 Å². The third-order valence-electron chi connectivity index (χ3n) is 5.75. The lowest BCUT2D eigenvalue weighted by Gasteiger charge is -2.13. The quantitative estimate of drug-likeness (QED) is 0.311. The van der Waals surface area contributed by atoms with Crippen LogP contribution in [-0.2, 0) is 4.79 Å². The molecule has 0 aliphatic heterocycles. The number of rotatable bonds is 5. The Morgan fingerprint density at radius 2 is 1.76 bits per heavy atom. The van der Waals surface area contributed by atoms with Crippen molar-refractivity contribution in [3.8, 4) is 11.4 Å². The van der Waals surface area contributed by atoms with E-state index in [4.69, 9.17) is 4.74 Å². The number of aromatic nitrogens is 4. The summed E-state index contributed by atoms with van der Waals surface area (Å²) in [4.78, 5) is 37.8. The highest BCUT2D eigenvalue weighted by Crippen LogP contribution is 2.26. The van der Waals surface area contributed by atoms with Crippen LogP contribution in [0.15, 0.2) is 71.9 Å². The van der Waals surface area contributed by atoms with Crippen LogP contribution in [0.1, 0.15) is 17.1 Å². The van der Waals surface area contributed by atoms with Crippen molar-refractivity contribution < 1.29 is 27.5 Å². The van der Waals surface area contributed by atoms with E-state index in [1.165, 1.54) is 25.3 Å². The molecule has 8 nitrogen and oxygen atoms in total. The van der Waals surface area contributed by atoms with Crippen LogP contribution >= 0.6 is 0 Å². The highest BCUT2D eigenvalue weighted by molar-refractivity contribution is 5.96. The average molecular weight is 520 g/mol. The number of fused-ring (bicyclic) bond motifs is 2. The van der Waals surface area contributed by atoms with Gasteiger partial charge in [-0.1, -0.05) is 36.4 Å². The van der Waals surface area contributed by atoms with Gasteiger partial charge in [0.15, 0.2) is 5.82 Å². The van der Waals surface area contributed by atoms with E-state index in [-0.39, 0.29) is 21.5 Å². The predicted octanol–water partition coefficient (Wildman–Crippen LogP) is 4.74. The minimum Gasteiger partial charge on any atom is -0.495 e. The normalized spacial score (nSPS) is 11.9. The molecule has 0 unspecified atom stereocenters. The zero-order chi connectivity index (χ0) is 27.0. The van der Waals surface area contributed by atoms with Gasteiger partial charge >= 0.3 is 12.1 Å². The number of ether oxygens (including phenoxy) is 1. The molecule has 2 aromatic heterocycles. The van der Waals surface area contributed by atoms with Crippen molar-refractivity contribution in [3.63, 3.8) is 0 Å². The highest BCUT2D eigenvalue weighted by Gasteiger charge is 2.42. The first-order valence-electron chi connectivity index (χ1n) is 11.3. The Balaban J connectivity index is 1.62. The molecular formula is C27H19F3N4O4. The van der Waals surface area contributed by atoms with Gasteiger partial charge in [-0.15, -0.1) is 4.73 Å². The number of methoxy groups -OCH3 is 1. The Hall–Kier alpha value is -4.93. The fourth-order valence-corrected chi connectivity index (χ4v) is 3.94. The molecule has 0 fully saturated rings. The van der Waals surface area contributed by atoms with Crippen molar-refractivity contribution in [2.45, 2.75) is 13.1 Å². The van der Waals surface area contributed by atoms with Crippen molar-refractivity contribution in [2.75, 3.05) is 7.11 Å². The van der Waals surface area contributed by atoms with Crippen molar-refractivity contribution in [1.82, 2.24) is 19.3 Å². The summed E-state index contributed by atoms with van der Waals surface area (Å²) in [6.45, 7) is 1.85. The van der Waals surface area contributed by atoms with Crippen molar-refractivity contribution in [1.29, 1.82) is 0 Å². The van der Waals surface area contributed by atoms with Gasteiger partial charge in [-0.25, -0.2) is 14.8 Å². The number of benzene rings is 3. The molecule has 5 rings (SSSR count). The number of hydrogen-bond donors (Lipinski definition) is 0. The summed E-state index contributed by atoms with van der Waals surface area (Å²) in [5, 5.41) is 1.45. The van der Waals surface area contributed by atoms with E-state index in [0.717, 1.165) is 16.8 Å². The summed E-state index contributed by atoms with van der Waals surface area (Å²) in [6, 6.07) is 15.5. The third-order valence-corrected chi connectivity index (χ3v) is 5.75. The minimum absolute atomic E-state index is 0.00234. The van der Waals surface area contributed by atoms with Gasteiger partial charge in [-0.2, -0.15) is 13.2 Å². The average Bonchev–Trinajstić information content (AvgIpc) is 3.33. The molecule has 3 aromatic carbocycles. The molecule has 192 valence electrons. The van der Waals surface area contributed by atoms with Crippen molar-refractivity contribution >= 4 is 39.8 Å². The van der Waals surface area contributed by atoms with E-state index in [9.17, 15) is 22.8 Å². The van der Waals surface area contributed by atoms with Gasteiger partial charge in [0, 0.05) is 6.20 Å². The topological polar surface area (TPSA) is 88.2 Å². The maximum atomic E-state index is 13.2. The fourth-order valence-electron chi connectivity index (χ4n) is 3.94. The largest absolute Gasteiger partial charge is 0.495 e. The molecule has 0 aliphatic carbocycles. The lowest BCUT2D eigenvalue weighted by Crippen LogP contribution is -2.39. The minimum atomic E-state index is -5.31. The van der Waals surface area contributed by atoms with Gasteiger partial charge in [0.25, 0.3) is 5.56 Å². The molecule has 0 atom stereocenters. The number of carbonyl (C=O) groups excluding carboxylic acids is 1. The number of imidazole rings is 1. The maximum Gasteiger partial charge on any atom is 0.493 e. The zero-order valence-corrected chi connectivity index (χ0v) is 20.1. The van der Waals surface area contributed by atoms with Gasteiger partial charge in [0.05, 0.1) is 35.7 Å². The smallest absolute Gasteiger partial charge is 0.493 e. The van der Waals surface area contributed by atoms with Gasteiger partial charge in [0.2, 0.25) is 0 Å². The van der Waals surface area contributed by atoms with Crippen LogP contribution in [0.2, 0.25) is 0 Å². The molecule has 0 saturated carbocycles. The third kappa shape index (κ3) is 4.73. The Morgan fingerprint density at radius 1 is 1.03 bits per heavy atom. The SMILES string of the molecule is COc1cc(/C=C/c2nc3cc4ccccc4cc3c(=O)n2OC(=O)C(F)(F)F)ccc1-n1cnc(C)c1. The zero-order valence-electron chi connectivity index (χ0n) is 20.1. The van der Waals surface area contributed by atoms with Crippen LogP contribution in [0.5, 0.6) is 5.75 Å². The summed E-state index contributed by atoms with van der Waals surface area (Å²) in [6.07, 6.45) is 0.948. The summed E-state index contributed by atoms with van der Waals surface area (Å²) < 4.78 is 46.5. The Bertz CT molecular complexity index is 1790. The summed E-state index contributed by atoms with van der Waals surface area (Å²) >= 11 is 0. The molecule has 0 amide bonds. The second-order valence-electron chi connectivity index (χ2n) is 8.35. The number of halogens is 3. The summed E-state index contributed by atoms with van der Waals surface area (Å²) in [5.74, 6) is -2.34. The molecule has 0 aliphatic rings. The van der Waals surface area contributed by atoms with Crippen molar-refractivity contribution in [2.24, 2.45) is 0 Å². The van der Waals surface area contributed by atoms with Crippen LogP contribution in [0.4, 0.5) is 13.2 Å².